The molecule has 0 fully saturated rings. The molecule has 16 heavy (non-hydrogen) atoms. The zero-order valence-electron chi connectivity index (χ0n) is 9.65. The number of aromatic nitrogens is 1. The zero-order valence-corrected chi connectivity index (χ0v) is 9.65. The molecule has 0 aliphatic rings. The van der Waals surface area contributed by atoms with Crippen LogP contribution in [0.3, 0.4) is 0 Å². The van der Waals surface area contributed by atoms with Crippen LogP contribution in [0.5, 0.6) is 0 Å². The van der Waals surface area contributed by atoms with Crippen LogP contribution in [0.15, 0.2) is 24.5 Å². The number of nitrogens with zero attached hydrogens (tertiary/aromatic N) is 1. The molecule has 1 rings (SSSR count). The Kier molecular flexibility index (Phi) is 5.50. The molecule has 1 aromatic heterocycles. The highest BCUT2D eigenvalue weighted by Crippen LogP contribution is 1.99. The molecule has 1 unspecified atom stereocenters. The first kappa shape index (κ1) is 12.6. The number of nitrogens with one attached hydrogen (secondary N) is 1. The number of hydrogen-bond donors (Lipinski definition) is 2. The highest BCUT2D eigenvalue weighted by atomic mass is 16.1. The van der Waals surface area contributed by atoms with E-state index >= 15 is 0 Å². The second-order valence-electron chi connectivity index (χ2n) is 3.83. The van der Waals surface area contributed by atoms with E-state index in [1.807, 2.05) is 12.1 Å². The second kappa shape index (κ2) is 6.95. The lowest BCUT2D eigenvalue weighted by Gasteiger charge is -2.15. The van der Waals surface area contributed by atoms with Crippen molar-refractivity contribution < 1.29 is 4.79 Å². The van der Waals surface area contributed by atoms with Gasteiger partial charge in [-0.05, 0) is 18.1 Å². The lowest BCUT2D eigenvalue weighted by atomic mass is 10.1. The Labute approximate surface area is 96.3 Å². The van der Waals surface area contributed by atoms with Gasteiger partial charge in [-0.25, -0.2) is 0 Å². The van der Waals surface area contributed by atoms with Crippen molar-refractivity contribution >= 4 is 5.91 Å². The van der Waals surface area contributed by atoms with E-state index in [9.17, 15) is 4.79 Å². The van der Waals surface area contributed by atoms with Crippen molar-refractivity contribution in [1.82, 2.24) is 10.3 Å². The van der Waals surface area contributed by atoms with Crippen LogP contribution in [0.4, 0.5) is 0 Å². The van der Waals surface area contributed by atoms with Crippen molar-refractivity contribution in [2.24, 2.45) is 5.73 Å². The van der Waals surface area contributed by atoms with E-state index in [2.05, 4.69) is 17.2 Å². The van der Waals surface area contributed by atoms with E-state index in [1.165, 1.54) is 0 Å². The lowest BCUT2D eigenvalue weighted by Crippen LogP contribution is -2.40. The molecule has 0 spiro atoms. The molecule has 0 aromatic carbocycles. The maximum absolute atomic E-state index is 11.7. The summed E-state index contributed by atoms with van der Waals surface area (Å²) < 4.78 is 0. The number of nitrogens with two attached hydrogens (primary N) is 1. The van der Waals surface area contributed by atoms with Gasteiger partial charge in [-0.2, -0.15) is 0 Å². The van der Waals surface area contributed by atoms with Crippen LogP contribution in [0.2, 0.25) is 0 Å². The van der Waals surface area contributed by atoms with Gasteiger partial charge in [0.2, 0.25) is 5.91 Å². The van der Waals surface area contributed by atoms with Crippen LogP contribution in [-0.2, 0) is 11.2 Å². The van der Waals surface area contributed by atoms with E-state index in [1.54, 1.807) is 12.4 Å². The van der Waals surface area contributed by atoms with Gasteiger partial charge >= 0.3 is 0 Å². The van der Waals surface area contributed by atoms with Crippen LogP contribution < -0.4 is 11.1 Å². The van der Waals surface area contributed by atoms with Crippen molar-refractivity contribution in [3.05, 3.63) is 30.1 Å². The predicted octanol–water partition coefficient (Wildman–Crippen LogP) is 0.868. The van der Waals surface area contributed by atoms with E-state index < -0.39 is 0 Å². The van der Waals surface area contributed by atoms with Gasteiger partial charge in [0.15, 0.2) is 0 Å². The van der Waals surface area contributed by atoms with Crippen molar-refractivity contribution in [3.63, 3.8) is 0 Å². The maximum Gasteiger partial charge on any atom is 0.224 e. The average molecular weight is 221 g/mol. The Morgan fingerprint density at radius 1 is 1.62 bits per heavy atom. The molecule has 4 nitrogen and oxygen atoms in total. The minimum absolute atomic E-state index is 0.0110. The molecule has 0 bridgehead atoms. The highest BCUT2D eigenvalue weighted by molar-refractivity contribution is 5.78. The summed E-state index contributed by atoms with van der Waals surface area (Å²) in [6.45, 7) is 2.57. The molecular weight excluding hydrogens is 202 g/mol. The molecule has 0 saturated carbocycles. The quantitative estimate of drug-likeness (QED) is 0.749. The molecule has 1 aromatic rings. The Balaban J connectivity index is 2.41. The Morgan fingerprint density at radius 2 is 2.44 bits per heavy atom. The molecule has 1 heterocycles. The molecule has 4 heteroatoms. The molecule has 1 amide bonds. The van der Waals surface area contributed by atoms with Crippen LogP contribution in [-0.4, -0.2) is 23.5 Å². The molecule has 0 saturated heterocycles. The SMILES string of the molecule is CCCC(CN)NC(=O)Cc1cccnc1. The average Bonchev–Trinajstić information content (AvgIpc) is 2.29. The second-order valence-corrected chi connectivity index (χ2v) is 3.83. The van der Waals surface area contributed by atoms with Crippen molar-refractivity contribution in [3.8, 4) is 0 Å². The van der Waals surface area contributed by atoms with Gasteiger partial charge in [0.05, 0.1) is 6.42 Å². The Hall–Kier alpha value is -1.42. The monoisotopic (exact) mass is 221 g/mol. The topological polar surface area (TPSA) is 68.0 Å². The third-order valence-electron chi connectivity index (χ3n) is 2.37. The number of carbonyl (C=O) groups is 1. The normalized spacial score (nSPS) is 12.1. The van der Waals surface area contributed by atoms with Crippen molar-refractivity contribution in [1.29, 1.82) is 0 Å². The minimum Gasteiger partial charge on any atom is -0.352 e. The largest absolute Gasteiger partial charge is 0.352 e. The summed E-state index contributed by atoms with van der Waals surface area (Å²) in [5.74, 6) is 0.0110. The molecule has 0 radical (unpaired) electrons. The first-order valence-corrected chi connectivity index (χ1v) is 5.64. The summed E-state index contributed by atoms with van der Waals surface area (Å²) in [5, 5.41) is 2.92. The van der Waals surface area contributed by atoms with Gasteiger partial charge in [-0.3, -0.25) is 9.78 Å². The van der Waals surface area contributed by atoms with E-state index in [0.717, 1.165) is 18.4 Å². The third kappa shape index (κ3) is 4.40. The van der Waals surface area contributed by atoms with Crippen LogP contribution in [0.1, 0.15) is 25.3 Å². The molecule has 1 atom stereocenters. The number of pyridine rings is 1. The van der Waals surface area contributed by atoms with Crippen molar-refractivity contribution in [2.45, 2.75) is 32.2 Å². The van der Waals surface area contributed by atoms with E-state index in [0.29, 0.717) is 13.0 Å². The molecular formula is C12H19N3O. The third-order valence-corrected chi connectivity index (χ3v) is 2.37. The minimum atomic E-state index is 0.0110. The van der Waals surface area contributed by atoms with Gasteiger partial charge in [0.1, 0.15) is 0 Å². The summed E-state index contributed by atoms with van der Waals surface area (Å²) >= 11 is 0. The Bertz CT molecular complexity index is 313. The Morgan fingerprint density at radius 3 is 3.00 bits per heavy atom. The zero-order chi connectivity index (χ0) is 11.8. The molecule has 0 aliphatic carbocycles. The predicted molar refractivity (Wildman–Crippen MR) is 63.8 cm³/mol. The standard InChI is InChI=1S/C12H19N3O/c1-2-4-11(8-13)15-12(16)7-10-5-3-6-14-9-10/h3,5-6,9,11H,2,4,7-8,13H2,1H3,(H,15,16). The number of carbonyl (C=O) groups excluding carboxylic acids is 1. The lowest BCUT2D eigenvalue weighted by molar-refractivity contribution is -0.121. The fraction of sp³-hybridized carbons (Fsp3) is 0.500. The van der Waals surface area contributed by atoms with E-state index in [-0.39, 0.29) is 11.9 Å². The van der Waals surface area contributed by atoms with Gasteiger partial charge in [-0.1, -0.05) is 19.4 Å². The summed E-state index contributed by atoms with van der Waals surface area (Å²) in [6.07, 6.45) is 5.72. The number of amides is 1. The first-order valence-electron chi connectivity index (χ1n) is 5.64. The number of rotatable bonds is 6. The van der Waals surface area contributed by atoms with Gasteiger partial charge in [0.25, 0.3) is 0 Å². The first-order chi connectivity index (χ1) is 7.76. The molecule has 0 aliphatic heterocycles. The fourth-order valence-corrected chi connectivity index (χ4v) is 1.56. The van der Waals surface area contributed by atoms with Crippen LogP contribution in [0, 0.1) is 0 Å². The number of hydrogen-bond acceptors (Lipinski definition) is 3. The van der Waals surface area contributed by atoms with E-state index in [4.69, 9.17) is 5.73 Å². The van der Waals surface area contributed by atoms with Gasteiger partial charge in [0, 0.05) is 25.0 Å². The van der Waals surface area contributed by atoms with Gasteiger partial charge in [-0.15, -0.1) is 0 Å². The fourth-order valence-electron chi connectivity index (χ4n) is 1.56. The summed E-state index contributed by atoms with van der Waals surface area (Å²) in [4.78, 5) is 15.6. The molecule has 88 valence electrons. The van der Waals surface area contributed by atoms with Crippen LogP contribution in [0.25, 0.3) is 0 Å². The summed E-state index contributed by atoms with van der Waals surface area (Å²) in [6, 6.07) is 3.81. The van der Waals surface area contributed by atoms with Crippen LogP contribution >= 0.6 is 0 Å². The smallest absolute Gasteiger partial charge is 0.224 e. The summed E-state index contributed by atoms with van der Waals surface area (Å²) in [7, 11) is 0. The summed E-state index contributed by atoms with van der Waals surface area (Å²) in [5.41, 5.74) is 6.50. The van der Waals surface area contributed by atoms with Crippen molar-refractivity contribution in [2.75, 3.05) is 6.54 Å². The molecule has 3 N–H and O–H groups in total. The van der Waals surface area contributed by atoms with Gasteiger partial charge < -0.3 is 11.1 Å². The maximum atomic E-state index is 11.7. The highest BCUT2D eigenvalue weighted by Gasteiger charge is 2.09.